The summed E-state index contributed by atoms with van der Waals surface area (Å²) < 4.78 is 20.5. The Balaban J connectivity index is 0.000000395. The Morgan fingerprint density at radius 3 is 1.64 bits per heavy atom. The van der Waals surface area contributed by atoms with Crippen LogP contribution in [0.1, 0.15) is 70.9 Å². The molecule has 39 heavy (non-hydrogen) atoms. The molecule has 2 rings (SSSR count). The van der Waals surface area contributed by atoms with Gasteiger partial charge in [0.1, 0.15) is 11.5 Å². The first kappa shape index (κ1) is 33.5. The highest BCUT2D eigenvalue weighted by Gasteiger charge is 2.08. The van der Waals surface area contributed by atoms with Crippen LogP contribution in [0.25, 0.3) is 12.2 Å². The molecule has 0 fully saturated rings. The van der Waals surface area contributed by atoms with Gasteiger partial charge >= 0.3 is 11.9 Å². The van der Waals surface area contributed by atoms with E-state index < -0.39 is 0 Å². The fourth-order valence-electron chi connectivity index (χ4n) is 3.35. The third kappa shape index (κ3) is 16.1. The van der Waals surface area contributed by atoms with Crippen molar-refractivity contribution in [1.29, 1.82) is 0 Å². The van der Waals surface area contributed by atoms with Crippen molar-refractivity contribution in [3.8, 4) is 11.5 Å². The van der Waals surface area contributed by atoms with Crippen LogP contribution in [0.4, 0.5) is 0 Å². The van der Waals surface area contributed by atoms with Gasteiger partial charge in [-0.1, -0.05) is 71.2 Å². The highest BCUT2D eigenvalue weighted by Crippen LogP contribution is 2.15. The minimum atomic E-state index is -0.300. The normalized spacial score (nSPS) is 11.7. The first-order valence-electron chi connectivity index (χ1n) is 13.8. The van der Waals surface area contributed by atoms with Gasteiger partial charge in [0.05, 0.1) is 27.4 Å². The second-order valence-corrected chi connectivity index (χ2v) is 9.61. The number of hydrogen-bond donors (Lipinski definition) is 0. The molecule has 2 aromatic carbocycles. The Labute approximate surface area is 235 Å². The largest absolute Gasteiger partial charge is 0.497 e. The summed E-state index contributed by atoms with van der Waals surface area (Å²) in [5, 5.41) is 0. The molecule has 0 spiro atoms. The number of methoxy groups -OCH3 is 2. The van der Waals surface area contributed by atoms with E-state index in [0.29, 0.717) is 25.0 Å². The van der Waals surface area contributed by atoms with Gasteiger partial charge in [-0.2, -0.15) is 0 Å². The monoisotopic (exact) mass is 538 g/mol. The van der Waals surface area contributed by atoms with Crippen LogP contribution in [-0.2, 0) is 19.1 Å². The van der Waals surface area contributed by atoms with Crippen LogP contribution in [0.15, 0.2) is 60.7 Å². The van der Waals surface area contributed by atoms with Gasteiger partial charge in [-0.25, -0.2) is 9.59 Å². The number of esters is 2. The van der Waals surface area contributed by atoms with Gasteiger partial charge in [-0.05, 0) is 72.2 Å². The van der Waals surface area contributed by atoms with E-state index in [4.69, 9.17) is 18.9 Å². The zero-order valence-corrected chi connectivity index (χ0v) is 24.5. The first-order chi connectivity index (χ1) is 18.8. The highest BCUT2D eigenvalue weighted by atomic mass is 16.5. The molecule has 0 radical (unpaired) electrons. The Bertz CT molecular complexity index is 990. The molecular formula is C33H46O6. The Hall–Kier alpha value is -3.54. The Kier molecular flexibility index (Phi) is 17.5. The predicted molar refractivity (Wildman–Crippen MR) is 159 cm³/mol. The third-order valence-electron chi connectivity index (χ3n) is 6.00. The van der Waals surface area contributed by atoms with E-state index in [2.05, 4.69) is 27.7 Å². The molecular weight excluding hydrogens is 492 g/mol. The molecule has 0 heterocycles. The summed E-state index contributed by atoms with van der Waals surface area (Å²) in [6, 6.07) is 15.0. The molecule has 0 aliphatic rings. The molecule has 0 amide bonds. The minimum Gasteiger partial charge on any atom is -0.497 e. The number of benzene rings is 2. The summed E-state index contributed by atoms with van der Waals surface area (Å²) in [6.45, 7) is 9.51. The third-order valence-corrected chi connectivity index (χ3v) is 6.00. The van der Waals surface area contributed by atoms with Crippen molar-refractivity contribution < 1.29 is 28.5 Å². The number of carbonyl (C=O) groups is 2. The summed E-state index contributed by atoms with van der Waals surface area (Å²) in [4.78, 5) is 23.1. The van der Waals surface area contributed by atoms with Gasteiger partial charge in [0.25, 0.3) is 0 Å². The van der Waals surface area contributed by atoms with Crippen molar-refractivity contribution in [2.45, 2.75) is 59.8 Å². The second-order valence-electron chi connectivity index (χ2n) is 9.61. The van der Waals surface area contributed by atoms with Gasteiger partial charge in [0, 0.05) is 12.2 Å². The molecule has 0 saturated heterocycles. The standard InChI is InChI=1S/C18H26O3.C15H20O3/c1-4-6-7-15(5-2)14-21-18(19)13-10-16-8-11-17(20-3)12-9-16;1-12(2)10-11-18-15(16)9-6-13-4-7-14(17-3)8-5-13/h8-13,15H,4-7,14H2,1-3H3;4-9,12H,10-11H2,1-3H3. The van der Waals surface area contributed by atoms with Crippen LogP contribution >= 0.6 is 0 Å². The number of ether oxygens (including phenoxy) is 4. The van der Waals surface area contributed by atoms with Gasteiger partial charge in [0.15, 0.2) is 0 Å². The number of rotatable bonds is 15. The molecule has 214 valence electrons. The maximum absolute atomic E-state index is 11.7. The summed E-state index contributed by atoms with van der Waals surface area (Å²) >= 11 is 0. The number of carbonyl (C=O) groups excluding carboxylic acids is 2. The van der Waals surface area contributed by atoms with E-state index in [1.807, 2.05) is 48.5 Å². The Morgan fingerprint density at radius 2 is 1.23 bits per heavy atom. The van der Waals surface area contributed by atoms with Gasteiger partial charge in [-0.3, -0.25) is 0 Å². The lowest BCUT2D eigenvalue weighted by molar-refractivity contribution is -0.139. The fraction of sp³-hybridized carbons (Fsp3) is 0.455. The molecule has 0 saturated carbocycles. The highest BCUT2D eigenvalue weighted by molar-refractivity contribution is 5.87. The van der Waals surface area contributed by atoms with Crippen molar-refractivity contribution in [2.75, 3.05) is 27.4 Å². The van der Waals surface area contributed by atoms with Crippen molar-refractivity contribution in [3.63, 3.8) is 0 Å². The van der Waals surface area contributed by atoms with E-state index in [1.54, 1.807) is 26.4 Å². The SMILES string of the molecule is CCCCC(CC)COC(=O)C=Cc1ccc(OC)cc1.COc1ccc(C=CC(=O)OCCC(C)C)cc1. The van der Waals surface area contributed by atoms with Crippen LogP contribution < -0.4 is 9.47 Å². The van der Waals surface area contributed by atoms with E-state index in [0.717, 1.165) is 41.9 Å². The van der Waals surface area contributed by atoms with Crippen LogP contribution in [0, 0.1) is 11.8 Å². The average molecular weight is 539 g/mol. The van der Waals surface area contributed by atoms with Crippen molar-refractivity contribution in [1.82, 2.24) is 0 Å². The topological polar surface area (TPSA) is 71.1 Å². The van der Waals surface area contributed by atoms with E-state index >= 15 is 0 Å². The summed E-state index contributed by atoms with van der Waals surface area (Å²) in [5.74, 6) is 2.04. The van der Waals surface area contributed by atoms with E-state index in [1.165, 1.54) is 25.0 Å². The molecule has 6 heteroatoms. The van der Waals surface area contributed by atoms with Crippen LogP contribution in [-0.4, -0.2) is 39.4 Å². The van der Waals surface area contributed by atoms with Gasteiger partial charge in [-0.15, -0.1) is 0 Å². The fourth-order valence-corrected chi connectivity index (χ4v) is 3.35. The lowest BCUT2D eigenvalue weighted by Gasteiger charge is -2.13. The zero-order chi connectivity index (χ0) is 28.9. The molecule has 1 atom stereocenters. The maximum atomic E-state index is 11.7. The predicted octanol–water partition coefficient (Wildman–Crippen LogP) is 7.77. The molecule has 0 aliphatic heterocycles. The van der Waals surface area contributed by atoms with Crippen LogP contribution in [0.5, 0.6) is 11.5 Å². The van der Waals surface area contributed by atoms with Crippen molar-refractivity contribution in [2.24, 2.45) is 11.8 Å². The van der Waals surface area contributed by atoms with Gasteiger partial charge in [0.2, 0.25) is 0 Å². The second kappa shape index (κ2) is 20.4. The summed E-state index contributed by atoms with van der Waals surface area (Å²) in [6.07, 6.45) is 11.9. The van der Waals surface area contributed by atoms with Gasteiger partial charge < -0.3 is 18.9 Å². The molecule has 0 bridgehead atoms. The number of hydrogen-bond acceptors (Lipinski definition) is 6. The smallest absolute Gasteiger partial charge is 0.330 e. The van der Waals surface area contributed by atoms with E-state index in [9.17, 15) is 9.59 Å². The lowest BCUT2D eigenvalue weighted by Crippen LogP contribution is -2.12. The average Bonchev–Trinajstić information content (AvgIpc) is 2.95. The van der Waals surface area contributed by atoms with Crippen LogP contribution in [0.3, 0.4) is 0 Å². The minimum absolute atomic E-state index is 0.277. The zero-order valence-electron chi connectivity index (χ0n) is 24.5. The van der Waals surface area contributed by atoms with Crippen molar-refractivity contribution >= 4 is 24.1 Å². The maximum Gasteiger partial charge on any atom is 0.330 e. The Morgan fingerprint density at radius 1 is 0.744 bits per heavy atom. The molecule has 0 aliphatic carbocycles. The van der Waals surface area contributed by atoms with E-state index in [-0.39, 0.29) is 11.9 Å². The molecule has 1 unspecified atom stereocenters. The molecule has 0 N–H and O–H groups in total. The summed E-state index contributed by atoms with van der Waals surface area (Å²) in [5.41, 5.74) is 1.89. The molecule has 0 aromatic heterocycles. The summed E-state index contributed by atoms with van der Waals surface area (Å²) in [7, 11) is 3.25. The lowest BCUT2D eigenvalue weighted by atomic mass is 10.0. The van der Waals surface area contributed by atoms with Crippen LogP contribution in [0.2, 0.25) is 0 Å². The number of unbranched alkanes of at least 4 members (excludes halogenated alkanes) is 1. The quantitative estimate of drug-likeness (QED) is 0.170. The molecule has 2 aromatic rings. The van der Waals surface area contributed by atoms with Crippen molar-refractivity contribution in [3.05, 3.63) is 71.8 Å². The molecule has 6 nitrogen and oxygen atoms in total. The first-order valence-corrected chi connectivity index (χ1v) is 13.8.